The SMILES string of the molecule is c1ccc(-c2cccc(-c3ccc(-c4nc(-c5ccc(-c6cccc(-n7c8ccccc8c8ccccc87)c6)cc5)nc(-c5cccc(-c6cccc7ccccc67)c5)n4)cc3)c2)cc1. The molecule has 2 heterocycles. The molecule has 0 saturated carbocycles. The number of hydrogen-bond acceptors (Lipinski definition) is 3. The Balaban J connectivity index is 0.928. The Kier molecular flexibility index (Phi) is 9.46. The zero-order valence-electron chi connectivity index (χ0n) is 35.4. The van der Waals surface area contributed by atoms with Gasteiger partial charge in [0.15, 0.2) is 17.5 Å². The monoisotopic (exact) mass is 828 g/mol. The van der Waals surface area contributed by atoms with Gasteiger partial charge in [-0.05, 0) is 91.7 Å². The van der Waals surface area contributed by atoms with Crippen LogP contribution in [0.25, 0.3) is 117 Å². The van der Waals surface area contributed by atoms with E-state index in [1.807, 2.05) is 0 Å². The van der Waals surface area contributed by atoms with Crippen molar-refractivity contribution in [1.29, 1.82) is 0 Å². The van der Waals surface area contributed by atoms with E-state index in [9.17, 15) is 0 Å². The normalized spacial score (nSPS) is 11.4. The third-order valence-electron chi connectivity index (χ3n) is 12.5. The van der Waals surface area contributed by atoms with E-state index in [1.165, 1.54) is 49.3 Å². The van der Waals surface area contributed by atoms with Gasteiger partial charge < -0.3 is 4.57 Å². The second-order valence-corrected chi connectivity index (χ2v) is 16.4. The van der Waals surface area contributed by atoms with Crippen LogP contribution in [0, 0.1) is 0 Å². The molecule has 0 aliphatic rings. The summed E-state index contributed by atoms with van der Waals surface area (Å²) in [4.78, 5) is 15.5. The summed E-state index contributed by atoms with van der Waals surface area (Å²) in [6.45, 7) is 0. The molecule has 4 nitrogen and oxygen atoms in total. The highest BCUT2D eigenvalue weighted by Crippen LogP contribution is 2.36. The van der Waals surface area contributed by atoms with E-state index in [0.29, 0.717) is 17.5 Å². The molecule has 0 unspecified atom stereocenters. The molecule has 0 radical (unpaired) electrons. The molecule has 304 valence electrons. The highest BCUT2D eigenvalue weighted by atomic mass is 15.0. The minimum atomic E-state index is 0.616. The summed E-state index contributed by atoms with van der Waals surface area (Å²) in [6, 6.07) is 85.9. The van der Waals surface area contributed by atoms with Crippen molar-refractivity contribution >= 4 is 32.6 Å². The minimum absolute atomic E-state index is 0.616. The molecule has 0 N–H and O–H groups in total. The standard InChI is InChI=1S/C61H40N4/c1-2-14-41(15-3-1)47-18-10-19-48(38-47)42-30-34-45(35-31-42)59-62-60(64-61(63-59)51-22-11-21-50(39-51)54-27-13-17-44-16-4-5-24-53(44)54)46-36-32-43(33-37-46)49-20-12-23-52(40-49)65-57-28-8-6-25-55(57)56-26-7-9-29-58(56)65/h1-40H. The summed E-state index contributed by atoms with van der Waals surface area (Å²) in [5.41, 5.74) is 15.4. The van der Waals surface area contributed by atoms with Gasteiger partial charge in [-0.3, -0.25) is 0 Å². The molecule has 0 atom stereocenters. The molecule has 12 aromatic rings. The van der Waals surface area contributed by atoms with Gasteiger partial charge in [-0.1, -0.05) is 206 Å². The minimum Gasteiger partial charge on any atom is -0.309 e. The first kappa shape index (κ1) is 38.0. The first-order chi connectivity index (χ1) is 32.2. The van der Waals surface area contributed by atoms with E-state index >= 15 is 0 Å². The van der Waals surface area contributed by atoms with Crippen molar-refractivity contribution in [1.82, 2.24) is 19.5 Å². The third-order valence-corrected chi connectivity index (χ3v) is 12.5. The topological polar surface area (TPSA) is 43.6 Å². The average molecular weight is 829 g/mol. The summed E-state index contributed by atoms with van der Waals surface area (Å²) in [5.74, 6) is 1.86. The first-order valence-corrected chi connectivity index (χ1v) is 22.0. The maximum absolute atomic E-state index is 5.18. The summed E-state index contributed by atoms with van der Waals surface area (Å²) in [5, 5.41) is 4.91. The number of hydrogen-bond donors (Lipinski definition) is 0. The molecule has 4 heteroatoms. The second-order valence-electron chi connectivity index (χ2n) is 16.4. The van der Waals surface area contributed by atoms with E-state index in [4.69, 9.17) is 15.0 Å². The molecule has 10 aromatic carbocycles. The van der Waals surface area contributed by atoms with Crippen LogP contribution in [-0.4, -0.2) is 19.5 Å². The highest BCUT2D eigenvalue weighted by molar-refractivity contribution is 6.09. The Hall–Kier alpha value is -8.73. The van der Waals surface area contributed by atoms with E-state index in [2.05, 4.69) is 247 Å². The number of nitrogens with zero attached hydrogens (tertiary/aromatic N) is 4. The maximum Gasteiger partial charge on any atom is 0.164 e. The van der Waals surface area contributed by atoms with E-state index in [1.54, 1.807) is 0 Å². The molecule has 0 aliphatic carbocycles. The Morgan fingerprint density at radius 1 is 0.246 bits per heavy atom. The van der Waals surface area contributed by atoms with Crippen LogP contribution in [0.2, 0.25) is 0 Å². The van der Waals surface area contributed by atoms with Gasteiger partial charge in [0.2, 0.25) is 0 Å². The Morgan fingerprint density at radius 2 is 0.646 bits per heavy atom. The molecule has 12 rings (SSSR count). The van der Waals surface area contributed by atoms with Gasteiger partial charge in [-0.15, -0.1) is 0 Å². The van der Waals surface area contributed by atoms with Gasteiger partial charge in [-0.25, -0.2) is 15.0 Å². The lowest BCUT2D eigenvalue weighted by Crippen LogP contribution is -2.00. The third kappa shape index (κ3) is 7.13. The largest absolute Gasteiger partial charge is 0.309 e. The van der Waals surface area contributed by atoms with Crippen molar-refractivity contribution in [3.05, 3.63) is 243 Å². The Bertz CT molecular complexity index is 3640. The molecule has 0 amide bonds. The first-order valence-electron chi connectivity index (χ1n) is 22.0. The lowest BCUT2D eigenvalue weighted by molar-refractivity contribution is 1.07. The molecule has 0 saturated heterocycles. The maximum atomic E-state index is 5.18. The fourth-order valence-electron chi connectivity index (χ4n) is 9.22. The summed E-state index contributed by atoms with van der Waals surface area (Å²) < 4.78 is 2.36. The van der Waals surface area contributed by atoms with Crippen molar-refractivity contribution < 1.29 is 0 Å². The van der Waals surface area contributed by atoms with Crippen LogP contribution in [0.15, 0.2) is 243 Å². The highest BCUT2D eigenvalue weighted by Gasteiger charge is 2.16. The van der Waals surface area contributed by atoms with Crippen molar-refractivity contribution in [2.75, 3.05) is 0 Å². The number of fused-ring (bicyclic) bond motifs is 4. The number of rotatable bonds is 8. The van der Waals surface area contributed by atoms with Gasteiger partial charge in [0.1, 0.15) is 0 Å². The summed E-state index contributed by atoms with van der Waals surface area (Å²) in [6.07, 6.45) is 0. The van der Waals surface area contributed by atoms with E-state index < -0.39 is 0 Å². The smallest absolute Gasteiger partial charge is 0.164 e. The van der Waals surface area contributed by atoms with Crippen LogP contribution in [0.1, 0.15) is 0 Å². The van der Waals surface area contributed by atoms with Crippen LogP contribution < -0.4 is 0 Å². The van der Waals surface area contributed by atoms with Crippen molar-refractivity contribution in [2.45, 2.75) is 0 Å². The van der Waals surface area contributed by atoms with E-state index in [0.717, 1.165) is 50.2 Å². The molecule has 0 aliphatic heterocycles. The fraction of sp³-hybridized carbons (Fsp3) is 0. The summed E-state index contributed by atoms with van der Waals surface area (Å²) in [7, 11) is 0. The lowest BCUT2D eigenvalue weighted by atomic mass is 9.97. The Morgan fingerprint density at radius 3 is 1.28 bits per heavy atom. The number of para-hydroxylation sites is 2. The van der Waals surface area contributed by atoms with Gasteiger partial charge in [-0.2, -0.15) is 0 Å². The molecule has 0 fully saturated rings. The molecule has 0 bridgehead atoms. The predicted octanol–water partition coefficient (Wildman–Crippen LogP) is 15.8. The van der Waals surface area contributed by atoms with Crippen LogP contribution in [0.5, 0.6) is 0 Å². The molecule has 65 heavy (non-hydrogen) atoms. The van der Waals surface area contributed by atoms with Crippen LogP contribution in [0.4, 0.5) is 0 Å². The molecular formula is C61H40N4. The summed E-state index contributed by atoms with van der Waals surface area (Å²) >= 11 is 0. The van der Waals surface area contributed by atoms with E-state index in [-0.39, 0.29) is 0 Å². The quantitative estimate of drug-likeness (QED) is 0.153. The van der Waals surface area contributed by atoms with Gasteiger partial charge in [0.25, 0.3) is 0 Å². The van der Waals surface area contributed by atoms with Gasteiger partial charge in [0, 0.05) is 33.2 Å². The molecule has 2 aromatic heterocycles. The lowest BCUT2D eigenvalue weighted by Gasteiger charge is -2.12. The Labute approximate surface area is 377 Å². The van der Waals surface area contributed by atoms with Crippen molar-refractivity contribution in [3.63, 3.8) is 0 Å². The van der Waals surface area contributed by atoms with Crippen molar-refractivity contribution in [2.24, 2.45) is 0 Å². The van der Waals surface area contributed by atoms with Crippen molar-refractivity contribution in [3.8, 4) is 84.4 Å². The van der Waals surface area contributed by atoms with Gasteiger partial charge >= 0.3 is 0 Å². The fourth-order valence-corrected chi connectivity index (χ4v) is 9.22. The molecular weight excluding hydrogens is 789 g/mol. The average Bonchev–Trinajstić information content (AvgIpc) is 3.73. The predicted molar refractivity (Wildman–Crippen MR) is 270 cm³/mol. The number of benzene rings is 10. The zero-order chi connectivity index (χ0) is 43.1. The van der Waals surface area contributed by atoms with Crippen LogP contribution >= 0.6 is 0 Å². The van der Waals surface area contributed by atoms with Crippen LogP contribution in [0.3, 0.4) is 0 Å². The van der Waals surface area contributed by atoms with Gasteiger partial charge in [0.05, 0.1) is 11.0 Å². The molecule has 0 spiro atoms. The number of aromatic nitrogens is 4. The second kappa shape index (κ2) is 16.2. The zero-order valence-corrected chi connectivity index (χ0v) is 35.4. The van der Waals surface area contributed by atoms with Crippen LogP contribution in [-0.2, 0) is 0 Å².